The number of hydrogen-bond acceptors (Lipinski definition) is 3. The predicted molar refractivity (Wildman–Crippen MR) is 85.5 cm³/mol. The molecule has 7 heteroatoms. The second-order valence-electron chi connectivity index (χ2n) is 7.58. The molecule has 0 spiro atoms. The molecule has 1 aliphatic carbocycles. The van der Waals surface area contributed by atoms with Crippen LogP contribution in [0, 0.1) is 22.7 Å². The van der Waals surface area contributed by atoms with E-state index in [2.05, 4.69) is 37.3 Å². The standard InChI is InChI=1S/C17H24F2N4O/c1-16(2,3)12-4-7-17(11-20,8-5-12)22-15(24)13-6-9-21-23(13)10-14(18)19/h6,9,12,14H,4-5,7-8,10H2,1-3H3,(H,22,24). The van der Waals surface area contributed by atoms with Crippen molar-refractivity contribution in [2.45, 2.75) is 65.0 Å². The maximum absolute atomic E-state index is 12.6. The number of aromatic nitrogens is 2. The Morgan fingerprint density at radius 1 is 1.50 bits per heavy atom. The molecule has 1 fully saturated rings. The van der Waals surface area contributed by atoms with Gasteiger partial charge >= 0.3 is 0 Å². The average Bonchev–Trinajstić information content (AvgIpc) is 2.94. The summed E-state index contributed by atoms with van der Waals surface area (Å²) in [7, 11) is 0. The lowest BCUT2D eigenvalue weighted by Crippen LogP contribution is -2.51. The van der Waals surface area contributed by atoms with E-state index in [4.69, 9.17) is 0 Å². The van der Waals surface area contributed by atoms with Gasteiger partial charge in [0.15, 0.2) is 0 Å². The SMILES string of the molecule is CC(C)(C)C1CCC(C#N)(NC(=O)c2ccnn2CC(F)F)CC1. The van der Waals surface area contributed by atoms with Crippen LogP contribution in [-0.2, 0) is 6.54 Å². The molecule has 1 aliphatic rings. The van der Waals surface area contributed by atoms with Gasteiger partial charge in [-0.05, 0) is 43.1 Å². The maximum atomic E-state index is 12.6. The third kappa shape index (κ3) is 4.11. The van der Waals surface area contributed by atoms with Gasteiger partial charge in [0.2, 0.25) is 0 Å². The minimum absolute atomic E-state index is 0.0582. The van der Waals surface area contributed by atoms with Crippen molar-refractivity contribution >= 4 is 5.91 Å². The number of rotatable bonds is 4. The highest BCUT2D eigenvalue weighted by atomic mass is 19.3. The lowest BCUT2D eigenvalue weighted by atomic mass is 9.67. The number of alkyl halides is 2. The van der Waals surface area contributed by atoms with Crippen LogP contribution in [0.1, 0.15) is 56.9 Å². The largest absolute Gasteiger partial charge is 0.332 e. The summed E-state index contributed by atoms with van der Waals surface area (Å²) in [5, 5.41) is 16.1. The highest BCUT2D eigenvalue weighted by molar-refractivity contribution is 5.93. The summed E-state index contributed by atoms with van der Waals surface area (Å²) in [6.07, 6.45) is 1.57. The van der Waals surface area contributed by atoms with Gasteiger partial charge in [-0.1, -0.05) is 20.8 Å². The van der Waals surface area contributed by atoms with E-state index in [-0.39, 0.29) is 11.1 Å². The van der Waals surface area contributed by atoms with E-state index in [1.54, 1.807) is 0 Å². The van der Waals surface area contributed by atoms with Crippen LogP contribution in [0.2, 0.25) is 0 Å². The Morgan fingerprint density at radius 3 is 2.62 bits per heavy atom. The molecule has 0 saturated heterocycles. The van der Waals surface area contributed by atoms with E-state index in [9.17, 15) is 18.8 Å². The number of halogens is 2. The number of nitrogens with one attached hydrogen (secondary N) is 1. The quantitative estimate of drug-likeness (QED) is 0.915. The molecule has 24 heavy (non-hydrogen) atoms. The number of amides is 1. The number of carbonyl (C=O) groups excluding carboxylic acids is 1. The lowest BCUT2D eigenvalue weighted by molar-refractivity contribution is 0.0831. The minimum Gasteiger partial charge on any atom is -0.332 e. The molecule has 1 N–H and O–H groups in total. The van der Waals surface area contributed by atoms with Gasteiger partial charge in [0.05, 0.1) is 6.07 Å². The molecule has 1 heterocycles. The molecular formula is C17H24F2N4O. The van der Waals surface area contributed by atoms with E-state index >= 15 is 0 Å². The first-order valence-corrected chi connectivity index (χ1v) is 8.20. The summed E-state index contributed by atoms with van der Waals surface area (Å²) in [6.45, 7) is 5.90. The van der Waals surface area contributed by atoms with Crippen LogP contribution in [0.25, 0.3) is 0 Å². The van der Waals surface area contributed by atoms with Crippen LogP contribution in [0.4, 0.5) is 8.78 Å². The Bertz CT molecular complexity index is 619. The van der Waals surface area contributed by atoms with Crippen molar-refractivity contribution in [3.63, 3.8) is 0 Å². The van der Waals surface area contributed by atoms with Crippen LogP contribution in [0.5, 0.6) is 0 Å². The Kier molecular flexibility index (Phi) is 5.26. The van der Waals surface area contributed by atoms with Crippen LogP contribution in [0.15, 0.2) is 12.3 Å². The van der Waals surface area contributed by atoms with Gasteiger partial charge in [0.25, 0.3) is 12.3 Å². The smallest absolute Gasteiger partial charge is 0.270 e. The molecular weight excluding hydrogens is 314 g/mol. The molecule has 1 saturated carbocycles. The van der Waals surface area contributed by atoms with Gasteiger partial charge in [-0.2, -0.15) is 10.4 Å². The first kappa shape index (κ1) is 18.4. The number of carbonyl (C=O) groups is 1. The van der Waals surface area contributed by atoms with Crippen LogP contribution < -0.4 is 5.32 Å². The lowest BCUT2D eigenvalue weighted by Gasteiger charge is -2.40. The normalized spacial score (nSPS) is 24.6. The molecule has 0 unspecified atom stereocenters. The Hall–Kier alpha value is -1.97. The van der Waals surface area contributed by atoms with Crippen molar-refractivity contribution in [1.29, 1.82) is 5.26 Å². The molecule has 1 amide bonds. The molecule has 132 valence electrons. The molecule has 1 aromatic heterocycles. The summed E-state index contributed by atoms with van der Waals surface area (Å²) in [4.78, 5) is 12.5. The zero-order valence-corrected chi connectivity index (χ0v) is 14.4. The Labute approximate surface area is 141 Å². The summed E-state index contributed by atoms with van der Waals surface area (Å²) in [6, 6.07) is 3.63. The fraction of sp³-hybridized carbons (Fsp3) is 0.706. The number of nitriles is 1. The molecule has 5 nitrogen and oxygen atoms in total. The van der Waals surface area contributed by atoms with Gasteiger partial charge in [0, 0.05) is 6.20 Å². The highest BCUT2D eigenvalue weighted by Crippen LogP contribution is 2.41. The summed E-state index contributed by atoms with van der Waals surface area (Å²) in [5.41, 5.74) is -0.705. The van der Waals surface area contributed by atoms with Crippen LogP contribution >= 0.6 is 0 Å². The molecule has 0 aromatic carbocycles. The van der Waals surface area contributed by atoms with Crippen molar-refractivity contribution in [2.75, 3.05) is 0 Å². The summed E-state index contributed by atoms with van der Waals surface area (Å²) >= 11 is 0. The first-order valence-electron chi connectivity index (χ1n) is 8.20. The topological polar surface area (TPSA) is 70.7 Å². The van der Waals surface area contributed by atoms with E-state index in [0.717, 1.165) is 17.5 Å². The zero-order valence-electron chi connectivity index (χ0n) is 14.4. The summed E-state index contributed by atoms with van der Waals surface area (Å²) < 4.78 is 26.1. The average molecular weight is 338 g/mol. The number of hydrogen-bond donors (Lipinski definition) is 1. The van der Waals surface area contributed by atoms with Gasteiger partial charge in [0.1, 0.15) is 17.8 Å². The molecule has 0 bridgehead atoms. The van der Waals surface area contributed by atoms with Crippen LogP contribution in [0.3, 0.4) is 0 Å². The molecule has 2 rings (SSSR count). The molecule has 0 atom stereocenters. The third-order valence-electron chi connectivity index (χ3n) is 4.89. The van der Waals surface area contributed by atoms with Gasteiger partial charge in [-0.15, -0.1) is 0 Å². The molecule has 0 aliphatic heterocycles. The minimum atomic E-state index is -2.59. The number of nitrogens with zero attached hydrogens (tertiary/aromatic N) is 3. The van der Waals surface area contributed by atoms with Crippen LogP contribution in [-0.4, -0.2) is 27.7 Å². The Balaban J connectivity index is 2.08. The Morgan fingerprint density at radius 2 is 2.12 bits per heavy atom. The van der Waals surface area contributed by atoms with Gasteiger partial charge < -0.3 is 5.32 Å². The fourth-order valence-corrected chi connectivity index (χ4v) is 3.32. The molecule has 0 radical (unpaired) electrons. The third-order valence-corrected chi connectivity index (χ3v) is 4.89. The van der Waals surface area contributed by atoms with Crippen molar-refractivity contribution in [1.82, 2.24) is 15.1 Å². The van der Waals surface area contributed by atoms with Crippen molar-refractivity contribution in [2.24, 2.45) is 11.3 Å². The van der Waals surface area contributed by atoms with Crippen molar-refractivity contribution in [3.8, 4) is 6.07 Å². The van der Waals surface area contributed by atoms with E-state index in [0.29, 0.717) is 18.8 Å². The zero-order chi connectivity index (χ0) is 18.0. The van der Waals surface area contributed by atoms with E-state index in [1.807, 2.05) is 0 Å². The van der Waals surface area contributed by atoms with E-state index in [1.165, 1.54) is 12.3 Å². The fourth-order valence-electron chi connectivity index (χ4n) is 3.32. The second-order valence-corrected chi connectivity index (χ2v) is 7.58. The van der Waals surface area contributed by atoms with Gasteiger partial charge in [-0.3, -0.25) is 9.48 Å². The maximum Gasteiger partial charge on any atom is 0.270 e. The monoisotopic (exact) mass is 338 g/mol. The predicted octanol–water partition coefficient (Wildman–Crippen LogP) is 3.38. The van der Waals surface area contributed by atoms with E-state index < -0.39 is 24.4 Å². The van der Waals surface area contributed by atoms with Crippen molar-refractivity contribution < 1.29 is 13.6 Å². The second kappa shape index (κ2) is 6.88. The first-order chi connectivity index (χ1) is 11.2. The highest BCUT2D eigenvalue weighted by Gasteiger charge is 2.40. The summed E-state index contributed by atoms with van der Waals surface area (Å²) in [5.74, 6) is -0.0239. The van der Waals surface area contributed by atoms with Crippen molar-refractivity contribution in [3.05, 3.63) is 18.0 Å². The molecule has 1 aromatic rings. The van der Waals surface area contributed by atoms with Gasteiger partial charge in [-0.25, -0.2) is 8.78 Å².